The van der Waals surface area contributed by atoms with Crippen LogP contribution in [0.1, 0.15) is 17.3 Å². The number of nitrogens with one attached hydrogen (secondary N) is 2. The first-order chi connectivity index (χ1) is 8.78. The summed E-state index contributed by atoms with van der Waals surface area (Å²) in [7, 11) is 1.72. The molecule has 18 heavy (non-hydrogen) atoms. The normalized spacial score (nSPS) is 20.2. The fourth-order valence-corrected chi connectivity index (χ4v) is 2.54. The molecular formula is C14H18N2O2. The van der Waals surface area contributed by atoms with Crippen LogP contribution in [0.15, 0.2) is 18.2 Å². The van der Waals surface area contributed by atoms with Crippen molar-refractivity contribution >= 4 is 10.9 Å². The van der Waals surface area contributed by atoms with E-state index in [2.05, 4.69) is 35.4 Å². The predicted octanol–water partition coefficient (Wildman–Crippen LogP) is 2.15. The zero-order valence-electron chi connectivity index (χ0n) is 10.7. The Bertz CT molecular complexity index is 556. The highest BCUT2D eigenvalue weighted by molar-refractivity contribution is 5.83. The zero-order valence-corrected chi connectivity index (χ0v) is 10.7. The number of morpholine rings is 1. The molecule has 1 unspecified atom stereocenters. The van der Waals surface area contributed by atoms with Crippen LogP contribution in [0.2, 0.25) is 0 Å². The molecule has 0 saturated carbocycles. The summed E-state index contributed by atoms with van der Waals surface area (Å²) in [6, 6.07) is 6.59. The van der Waals surface area contributed by atoms with E-state index >= 15 is 0 Å². The number of hydrogen-bond acceptors (Lipinski definition) is 3. The molecule has 2 aromatic rings. The van der Waals surface area contributed by atoms with Crippen molar-refractivity contribution in [2.45, 2.75) is 13.0 Å². The van der Waals surface area contributed by atoms with Gasteiger partial charge in [-0.1, -0.05) is 0 Å². The van der Waals surface area contributed by atoms with Crippen LogP contribution in [0.3, 0.4) is 0 Å². The van der Waals surface area contributed by atoms with Crippen molar-refractivity contribution < 1.29 is 9.47 Å². The number of aromatic amines is 1. The average molecular weight is 246 g/mol. The summed E-state index contributed by atoms with van der Waals surface area (Å²) >= 11 is 0. The average Bonchev–Trinajstić information content (AvgIpc) is 2.77. The Morgan fingerprint density at radius 3 is 2.94 bits per heavy atom. The van der Waals surface area contributed by atoms with Gasteiger partial charge in [-0.2, -0.15) is 0 Å². The lowest BCUT2D eigenvalue weighted by Crippen LogP contribution is -2.34. The third-order valence-corrected chi connectivity index (χ3v) is 3.40. The fraction of sp³-hybridized carbons (Fsp3) is 0.429. The quantitative estimate of drug-likeness (QED) is 0.853. The van der Waals surface area contributed by atoms with E-state index in [0.717, 1.165) is 35.7 Å². The topological polar surface area (TPSA) is 46.3 Å². The monoisotopic (exact) mass is 246 g/mol. The molecule has 1 aromatic carbocycles. The van der Waals surface area contributed by atoms with E-state index in [-0.39, 0.29) is 6.04 Å². The van der Waals surface area contributed by atoms with E-state index in [9.17, 15) is 0 Å². The summed E-state index contributed by atoms with van der Waals surface area (Å²) in [5, 5.41) is 4.65. The van der Waals surface area contributed by atoms with E-state index in [4.69, 9.17) is 9.47 Å². The van der Waals surface area contributed by atoms with Crippen molar-refractivity contribution in [2.24, 2.45) is 0 Å². The Morgan fingerprint density at radius 2 is 2.22 bits per heavy atom. The molecule has 1 aliphatic heterocycles. The molecule has 0 spiro atoms. The second-order valence-electron chi connectivity index (χ2n) is 4.72. The van der Waals surface area contributed by atoms with E-state index in [0.29, 0.717) is 6.61 Å². The van der Waals surface area contributed by atoms with Crippen LogP contribution in [0.25, 0.3) is 10.9 Å². The molecule has 1 aromatic heterocycles. The number of hydrogen-bond donors (Lipinski definition) is 2. The molecule has 0 amide bonds. The van der Waals surface area contributed by atoms with E-state index in [1.165, 1.54) is 5.39 Å². The summed E-state index contributed by atoms with van der Waals surface area (Å²) in [5.74, 6) is 0.921. The van der Waals surface area contributed by atoms with Gasteiger partial charge in [0.2, 0.25) is 0 Å². The second-order valence-corrected chi connectivity index (χ2v) is 4.72. The predicted molar refractivity (Wildman–Crippen MR) is 71.2 cm³/mol. The number of benzene rings is 1. The minimum absolute atomic E-state index is 0.210. The largest absolute Gasteiger partial charge is 0.496 e. The lowest BCUT2D eigenvalue weighted by Gasteiger charge is -2.25. The van der Waals surface area contributed by atoms with Gasteiger partial charge in [0.05, 0.1) is 26.4 Å². The molecule has 3 rings (SSSR count). The van der Waals surface area contributed by atoms with E-state index in [1.54, 1.807) is 7.11 Å². The van der Waals surface area contributed by atoms with E-state index < -0.39 is 0 Å². The number of methoxy groups -OCH3 is 1. The van der Waals surface area contributed by atoms with Gasteiger partial charge in [-0.3, -0.25) is 0 Å². The van der Waals surface area contributed by atoms with Crippen molar-refractivity contribution in [3.63, 3.8) is 0 Å². The van der Waals surface area contributed by atoms with Gasteiger partial charge in [-0.25, -0.2) is 0 Å². The van der Waals surface area contributed by atoms with Crippen molar-refractivity contribution in [3.8, 4) is 5.75 Å². The molecule has 96 valence electrons. The molecule has 1 atom stereocenters. The molecule has 2 heterocycles. The fourth-order valence-electron chi connectivity index (χ4n) is 2.54. The van der Waals surface area contributed by atoms with Gasteiger partial charge in [0.15, 0.2) is 0 Å². The SMILES string of the molecule is COc1cc2cc(C)[nH]c2cc1C1COCCN1. The number of aryl methyl sites for hydroxylation is 1. The first-order valence-corrected chi connectivity index (χ1v) is 6.26. The maximum absolute atomic E-state index is 5.53. The number of aromatic nitrogens is 1. The second kappa shape index (κ2) is 4.63. The van der Waals surface area contributed by atoms with Gasteiger partial charge in [0.25, 0.3) is 0 Å². The van der Waals surface area contributed by atoms with Crippen LogP contribution in [0.4, 0.5) is 0 Å². The van der Waals surface area contributed by atoms with Crippen LogP contribution in [-0.4, -0.2) is 31.9 Å². The molecule has 4 nitrogen and oxygen atoms in total. The molecule has 2 N–H and O–H groups in total. The maximum Gasteiger partial charge on any atom is 0.124 e. The Kier molecular flexibility index (Phi) is 2.97. The zero-order chi connectivity index (χ0) is 12.5. The minimum atomic E-state index is 0.210. The van der Waals surface area contributed by atoms with Gasteiger partial charge < -0.3 is 19.8 Å². The summed E-state index contributed by atoms with van der Waals surface area (Å²) in [6.45, 7) is 4.42. The molecule has 4 heteroatoms. The molecule has 0 aliphatic carbocycles. The van der Waals surface area contributed by atoms with Crippen molar-refractivity contribution in [1.82, 2.24) is 10.3 Å². The van der Waals surface area contributed by atoms with Crippen LogP contribution in [-0.2, 0) is 4.74 Å². The Balaban J connectivity index is 2.07. The Labute approximate surface area is 106 Å². The highest BCUT2D eigenvalue weighted by atomic mass is 16.5. The van der Waals surface area contributed by atoms with Gasteiger partial charge in [0.1, 0.15) is 5.75 Å². The molecule has 1 aliphatic rings. The third kappa shape index (κ3) is 1.98. The lowest BCUT2D eigenvalue weighted by atomic mass is 10.0. The van der Waals surface area contributed by atoms with E-state index in [1.807, 2.05) is 0 Å². The number of fused-ring (bicyclic) bond motifs is 1. The van der Waals surface area contributed by atoms with Crippen LogP contribution < -0.4 is 10.1 Å². The van der Waals surface area contributed by atoms with Crippen LogP contribution >= 0.6 is 0 Å². The van der Waals surface area contributed by atoms with Gasteiger partial charge in [0, 0.05) is 28.7 Å². The third-order valence-electron chi connectivity index (χ3n) is 3.40. The minimum Gasteiger partial charge on any atom is -0.496 e. The maximum atomic E-state index is 5.53. The summed E-state index contributed by atoms with van der Waals surface area (Å²) in [5.41, 5.74) is 3.47. The van der Waals surface area contributed by atoms with Crippen molar-refractivity contribution in [1.29, 1.82) is 0 Å². The van der Waals surface area contributed by atoms with Gasteiger partial charge in [-0.15, -0.1) is 0 Å². The van der Waals surface area contributed by atoms with Crippen LogP contribution in [0, 0.1) is 6.92 Å². The van der Waals surface area contributed by atoms with Crippen molar-refractivity contribution in [2.75, 3.05) is 26.9 Å². The Morgan fingerprint density at radius 1 is 1.33 bits per heavy atom. The molecular weight excluding hydrogens is 228 g/mol. The summed E-state index contributed by atoms with van der Waals surface area (Å²) in [6.07, 6.45) is 0. The highest BCUT2D eigenvalue weighted by Gasteiger charge is 2.20. The highest BCUT2D eigenvalue weighted by Crippen LogP contribution is 2.31. The first-order valence-electron chi connectivity index (χ1n) is 6.26. The summed E-state index contributed by atoms with van der Waals surface area (Å²) in [4.78, 5) is 3.37. The number of H-pyrrole nitrogens is 1. The van der Waals surface area contributed by atoms with Crippen molar-refractivity contribution in [3.05, 3.63) is 29.5 Å². The molecule has 0 radical (unpaired) electrons. The number of rotatable bonds is 2. The molecule has 1 fully saturated rings. The van der Waals surface area contributed by atoms with Gasteiger partial charge in [-0.05, 0) is 25.1 Å². The molecule has 0 bridgehead atoms. The smallest absolute Gasteiger partial charge is 0.124 e. The summed E-state index contributed by atoms with van der Waals surface area (Å²) < 4.78 is 11.0. The lowest BCUT2D eigenvalue weighted by molar-refractivity contribution is 0.0761. The van der Waals surface area contributed by atoms with Gasteiger partial charge >= 0.3 is 0 Å². The molecule has 1 saturated heterocycles. The standard InChI is InChI=1S/C14H18N2O2/c1-9-5-10-6-14(17-2)11(7-12(10)16-9)13-8-18-4-3-15-13/h5-7,13,15-16H,3-4,8H2,1-2H3. The number of ether oxygens (including phenoxy) is 2. The Hall–Kier alpha value is -1.52. The first kappa shape index (κ1) is 11.6. The van der Waals surface area contributed by atoms with Crippen LogP contribution in [0.5, 0.6) is 5.75 Å².